The maximum atomic E-state index is 10.3. The first-order valence-corrected chi connectivity index (χ1v) is 8.92. The Morgan fingerprint density at radius 2 is 1.88 bits per heavy atom. The van der Waals surface area contributed by atoms with Crippen LogP contribution in [0.4, 0.5) is 0 Å². The average Bonchev–Trinajstić information content (AvgIpc) is 3.02. The zero-order valence-corrected chi connectivity index (χ0v) is 15.1. The number of fused-ring (bicyclic) bond motifs is 1. The van der Waals surface area contributed by atoms with E-state index < -0.39 is 0 Å². The SMILES string of the molecule is COc1cccc([C@@H]2C[C@H](O)CN2Cc2nc3ccccc3nc2C)c1. The third-order valence-corrected chi connectivity index (χ3v) is 5.06. The Kier molecular flexibility index (Phi) is 4.57. The minimum Gasteiger partial charge on any atom is -0.497 e. The van der Waals surface area contributed by atoms with Crippen LogP contribution in [0, 0.1) is 6.92 Å². The van der Waals surface area contributed by atoms with Gasteiger partial charge in [-0.25, -0.2) is 9.97 Å². The lowest BCUT2D eigenvalue weighted by molar-refractivity contribution is 0.172. The van der Waals surface area contributed by atoms with Crippen LogP contribution in [0.2, 0.25) is 0 Å². The Morgan fingerprint density at radius 3 is 2.65 bits per heavy atom. The summed E-state index contributed by atoms with van der Waals surface area (Å²) < 4.78 is 5.36. The van der Waals surface area contributed by atoms with Crippen LogP contribution in [0.1, 0.15) is 29.4 Å². The molecule has 4 rings (SSSR count). The van der Waals surface area contributed by atoms with Gasteiger partial charge >= 0.3 is 0 Å². The molecule has 1 fully saturated rings. The molecule has 3 aromatic rings. The van der Waals surface area contributed by atoms with Crippen molar-refractivity contribution >= 4 is 11.0 Å². The van der Waals surface area contributed by atoms with E-state index in [2.05, 4.69) is 17.0 Å². The van der Waals surface area contributed by atoms with Crippen LogP contribution in [0.25, 0.3) is 11.0 Å². The van der Waals surface area contributed by atoms with E-state index in [-0.39, 0.29) is 12.1 Å². The molecule has 0 unspecified atom stereocenters. The largest absolute Gasteiger partial charge is 0.497 e. The van der Waals surface area contributed by atoms with E-state index in [1.807, 2.05) is 43.3 Å². The summed E-state index contributed by atoms with van der Waals surface area (Å²) in [4.78, 5) is 11.8. The van der Waals surface area contributed by atoms with E-state index in [9.17, 15) is 5.11 Å². The van der Waals surface area contributed by atoms with Gasteiger partial charge in [-0.3, -0.25) is 4.90 Å². The highest BCUT2D eigenvalue weighted by atomic mass is 16.5. The molecule has 0 amide bonds. The molecule has 0 saturated carbocycles. The summed E-state index contributed by atoms with van der Waals surface area (Å²) in [6, 6.07) is 16.2. The van der Waals surface area contributed by atoms with Crippen LogP contribution in [0.3, 0.4) is 0 Å². The molecular weight excluding hydrogens is 326 g/mol. The highest BCUT2D eigenvalue weighted by Crippen LogP contribution is 2.35. The molecule has 2 aromatic carbocycles. The second-order valence-electron chi connectivity index (χ2n) is 6.86. The van der Waals surface area contributed by atoms with Crippen LogP contribution in [-0.2, 0) is 6.54 Å². The first-order valence-electron chi connectivity index (χ1n) is 8.92. The molecule has 0 spiro atoms. The molecule has 1 aliphatic heterocycles. The van der Waals surface area contributed by atoms with Gasteiger partial charge in [0, 0.05) is 19.1 Å². The number of para-hydroxylation sites is 2. The van der Waals surface area contributed by atoms with Crippen molar-refractivity contribution in [1.29, 1.82) is 0 Å². The smallest absolute Gasteiger partial charge is 0.119 e. The van der Waals surface area contributed by atoms with E-state index >= 15 is 0 Å². The number of aliphatic hydroxyl groups excluding tert-OH is 1. The molecule has 1 saturated heterocycles. The highest BCUT2D eigenvalue weighted by molar-refractivity contribution is 5.74. The molecule has 1 aliphatic rings. The predicted molar refractivity (Wildman–Crippen MR) is 101 cm³/mol. The summed E-state index contributed by atoms with van der Waals surface area (Å²) in [7, 11) is 1.68. The number of ether oxygens (including phenoxy) is 1. The average molecular weight is 349 g/mol. The highest BCUT2D eigenvalue weighted by Gasteiger charge is 2.32. The summed E-state index contributed by atoms with van der Waals surface area (Å²) in [6.07, 6.45) is 0.382. The fourth-order valence-electron chi connectivity index (χ4n) is 3.72. The summed E-state index contributed by atoms with van der Waals surface area (Å²) in [6.45, 7) is 3.31. The number of aryl methyl sites for hydroxylation is 1. The molecule has 0 bridgehead atoms. The molecule has 0 aliphatic carbocycles. The number of methoxy groups -OCH3 is 1. The van der Waals surface area contributed by atoms with Crippen molar-refractivity contribution in [2.75, 3.05) is 13.7 Å². The Hall–Kier alpha value is -2.50. The normalized spacial score (nSPS) is 20.6. The first-order chi connectivity index (χ1) is 12.6. The molecular formula is C21H23N3O2. The third kappa shape index (κ3) is 3.28. The maximum Gasteiger partial charge on any atom is 0.119 e. The van der Waals surface area contributed by atoms with E-state index in [1.165, 1.54) is 0 Å². The van der Waals surface area contributed by atoms with Gasteiger partial charge in [0.15, 0.2) is 0 Å². The molecule has 5 heteroatoms. The van der Waals surface area contributed by atoms with Crippen LogP contribution in [0.5, 0.6) is 5.75 Å². The Bertz CT molecular complexity index is 928. The number of likely N-dealkylation sites (tertiary alicyclic amines) is 1. The van der Waals surface area contributed by atoms with Crippen molar-refractivity contribution in [2.24, 2.45) is 0 Å². The fraction of sp³-hybridized carbons (Fsp3) is 0.333. The Morgan fingerprint density at radius 1 is 1.12 bits per heavy atom. The van der Waals surface area contributed by atoms with E-state index in [1.54, 1.807) is 7.11 Å². The standard InChI is InChI=1S/C21H23N3O2/c1-14-20(23-19-9-4-3-8-18(19)22-14)13-24-12-16(25)11-21(24)15-6-5-7-17(10-15)26-2/h3-10,16,21,25H,11-13H2,1-2H3/t16-,21-/m0/s1. The number of nitrogens with zero attached hydrogens (tertiary/aromatic N) is 3. The van der Waals surface area contributed by atoms with Gasteiger partial charge in [-0.15, -0.1) is 0 Å². The number of aromatic nitrogens is 2. The van der Waals surface area contributed by atoms with Crippen molar-refractivity contribution in [3.8, 4) is 5.75 Å². The topological polar surface area (TPSA) is 58.5 Å². The number of rotatable bonds is 4. The lowest BCUT2D eigenvalue weighted by atomic mass is 10.0. The lowest BCUT2D eigenvalue weighted by Gasteiger charge is -2.25. The Labute approximate surface area is 153 Å². The van der Waals surface area contributed by atoms with Gasteiger partial charge in [-0.1, -0.05) is 24.3 Å². The molecule has 1 N–H and O–H groups in total. The number of hydrogen-bond donors (Lipinski definition) is 1. The number of benzene rings is 2. The minimum atomic E-state index is -0.333. The van der Waals surface area contributed by atoms with Gasteiger partial charge in [-0.2, -0.15) is 0 Å². The number of β-amino-alcohol motifs (C(OH)–C–C–N with tert-alkyl or cyclic N) is 1. The summed E-state index contributed by atoms with van der Waals surface area (Å²) in [5.41, 5.74) is 4.89. The summed E-state index contributed by atoms with van der Waals surface area (Å²) >= 11 is 0. The Balaban J connectivity index is 1.64. The molecule has 26 heavy (non-hydrogen) atoms. The van der Waals surface area contributed by atoms with Crippen molar-refractivity contribution < 1.29 is 9.84 Å². The molecule has 2 atom stereocenters. The fourth-order valence-corrected chi connectivity index (χ4v) is 3.72. The molecule has 1 aromatic heterocycles. The summed E-state index contributed by atoms with van der Waals surface area (Å²) in [5, 5.41) is 10.3. The minimum absolute atomic E-state index is 0.146. The van der Waals surface area contributed by atoms with Crippen LogP contribution in [0.15, 0.2) is 48.5 Å². The third-order valence-electron chi connectivity index (χ3n) is 5.06. The van der Waals surface area contributed by atoms with Crippen molar-refractivity contribution in [2.45, 2.75) is 32.0 Å². The van der Waals surface area contributed by atoms with Gasteiger partial charge in [0.25, 0.3) is 0 Å². The van der Waals surface area contributed by atoms with Crippen LogP contribution >= 0.6 is 0 Å². The maximum absolute atomic E-state index is 10.3. The number of aliphatic hydroxyl groups is 1. The monoisotopic (exact) mass is 349 g/mol. The molecule has 2 heterocycles. The van der Waals surface area contributed by atoms with Gasteiger partial charge in [0.05, 0.1) is 35.6 Å². The lowest BCUT2D eigenvalue weighted by Crippen LogP contribution is -2.25. The predicted octanol–water partition coefficient (Wildman–Crippen LogP) is 3.25. The molecule has 0 radical (unpaired) electrons. The van der Waals surface area contributed by atoms with Crippen LogP contribution < -0.4 is 4.74 Å². The van der Waals surface area contributed by atoms with Crippen LogP contribution in [-0.4, -0.2) is 39.7 Å². The molecule has 5 nitrogen and oxygen atoms in total. The van der Waals surface area contributed by atoms with E-state index in [0.29, 0.717) is 19.5 Å². The van der Waals surface area contributed by atoms with Crippen molar-refractivity contribution in [1.82, 2.24) is 14.9 Å². The quantitative estimate of drug-likeness (QED) is 0.783. The zero-order chi connectivity index (χ0) is 18.1. The first kappa shape index (κ1) is 16.9. The van der Waals surface area contributed by atoms with E-state index in [4.69, 9.17) is 14.7 Å². The van der Waals surface area contributed by atoms with Crippen molar-refractivity contribution in [3.05, 3.63) is 65.5 Å². The number of hydrogen-bond acceptors (Lipinski definition) is 5. The van der Waals surface area contributed by atoms with Gasteiger partial charge in [-0.05, 0) is 43.2 Å². The zero-order valence-electron chi connectivity index (χ0n) is 15.1. The second kappa shape index (κ2) is 7.02. The van der Waals surface area contributed by atoms with Gasteiger partial charge in [0.1, 0.15) is 5.75 Å². The summed E-state index contributed by atoms with van der Waals surface area (Å²) in [5.74, 6) is 0.838. The molecule has 134 valence electrons. The van der Waals surface area contributed by atoms with Gasteiger partial charge in [0.2, 0.25) is 0 Å². The second-order valence-corrected chi connectivity index (χ2v) is 6.86. The van der Waals surface area contributed by atoms with E-state index in [0.717, 1.165) is 33.7 Å². The van der Waals surface area contributed by atoms with Crippen molar-refractivity contribution in [3.63, 3.8) is 0 Å². The van der Waals surface area contributed by atoms with Gasteiger partial charge < -0.3 is 9.84 Å².